The molecule has 0 spiro atoms. The highest BCUT2D eigenvalue weighted by atomic mass is 32.1. The summed E-state index contributed by atoms with van der Waals surface area (Å²) < 4.78 is 0. The van der Waals surface area contributed by atoms with Gasteiger partial charge in [0.2, 0.25) is 11.8 Å². The molecular formula is C23H29N3O2S. The maximum Gasteiger partial charge on any atom is 0.231 e. The molecular weight excluding hydrogens is 382 g/mol. The van der Waals surface area contributed by atoms with E-state index < -0.39 is 0 Å². The van der Waals surface area contributed by atoms with E-state index in [2.05, 4.69) is 41.5 Å². The summed E-state index contributed by atoms with van der Waals surface area (Å²) in [5, 5.41) is 3.65. The Labute approximate surface area is 176 Å². The molecule has 1 aromatic carbocycles. The smallest absolute Gasteiger partial charge is 0.231 e. The van der Waals surface area contributed by atoms with E-state index in [4.69, 9.17) is 0 Å². The van der Waals surface area contributed by atoms with Gasteiger partial charge in [0, 0.05) is 29.4 Å². The molecule has 2 heterocycles. The number of benzene rings is 1. The minimum Gasteiger partial charge on any atom is -0.342 e. The molecule has 1 saturated heterocycles. The van der Waals surface area contributed by atoms with Crippen LogP contribution in [0.25, 0.3) is 11.3 Å². The molecule has 1 atom stereocenters. The van der Waals surface area contributed by atoms with Crippen LogP contribution in [0.3, 0.4) is 0 Å². The third-order valence-corrected chi connectivity index (χ3v) is 6.71. The number of nitrogens with one attached hydrogen (secondary N) is 1. The van der Waals surface area contributed by atoms with Gasteiger partial charge in [-0.1, -0.05) is 37.6 Å². The Kier molecular flexibility index (Phi) is 5.99. The lowest BCUT2D eigenvalue weighted by atomic mass is 9.97. The molecule has 1 unspecified atom stereocenters. The number of piperidine rings is 1. The van der Waals surface area contributed by atoms with Gasteiger partial charge in [0.05, 0.1) is 11.6 Å². The molecule has 2 amide bonds. The van der Waals surface area contributed by atoms with Crippen molar-refractivity contribution in [3.05, 3.63) is 34.7 Å². The topological polar surface area (TPSA) is 62.3 Å². The fourth-order valence-electron chi connectivity index (χ4n) is 4.02. The number of aromatic nitrogens is 1. The van der Waals surface area contributed by atoms with Crippen LogP contribution in [-0.2, 0) is 16.0 Å². The molecule has 154 valence electrons. The van der Waals surface area contributed by atoms with Gasteiger partial charge < -0.3 is 10.2 Å². The number of hydrogen-bond donors (Lipinski definition) is 1. The average molecular weight is 412 g/mol. The molecule has 4 rings (SSSR count). The van der Waals surface area contributed by atoms with Gasteiger partial charge in [0.1, 0.15) is 0 Å². The molecule has 1 aromatic heterocycles. The maximum atomic E-state index is 12.8. The molecule has 1 N–H and O–H groups in total. The summed E-state index contributed by atoms with van der Waals surface area (Å²) in [5.74, 6) is 0.287. The van der Waals surface area contributed by atoms with Gasteiger partial charge in [-0.25, -0.2) is 4.98 Å². The number of aryl methyl sites for hydroxylation is 2. The van der Waals surface area contributed by atoms with Crippen molar-refractivity contribution < 1.29 is 9.59 Å². The predicted molar refractivity (Wildman–Crippen MR) is 117 cm³/mol. The quantitative estimate of drug-likeness (QED) is 0.752. The van der Waals surface area contributed by atoms with Crippen molar-refractivity contribution in [1.82, 2.24) is 9.88 Å². The van der Waals surface area contributed by atoms with E-state index in [1.165, 1.54) is 16.9 Å². The van der Waals surface area contributed by atoms with E-state index >= 15 is 0 Å². The molecule has 0 radical (unpaired) electrons. The van der Waals surface area contributed by atoms with Gasteiger partial charge in [-0.05, 0) is 44.6 Å². The number of likely N-dealkylation sites (tertiary alicyclic amines) is 1. The van der Waals surface area contributed by atoms with E-state index in [9.17, 15) is 9.59 Å². The average Bonchev–Trinajstić information content (AvgIpc) is 3.52. The minimum absolute atomic E-state index is 0.0168. The molecule has 1 aliphatic carbocycles. The highest BCUT2D eigenvalue weighted by Crippen LogP contribution is 2.33. The summed E-state index contributed by atoms with van der Waals surface area (Å²) in [5.41, 5.74) is 3.35. The van der Waals surface area contributed by atoms with Crippen LogP contribution in [0.1, 0.15) is 49.5 Å². The number of nitrogens with zero attached hydrogens (tertiary/aromatic N) is 2. The first kappa shape index (κ1) is 20.1. The lowest BCUT2D eigenvalue weighted by Gasteiger charge is -2.32. The monoisotopic (exact) mass is 411 g/mol. The Hall–Kier alpha value is -2.21. The van der Waals surface area contributed by atoms with Gasteiger partial charge >= 0.3 is 0 Å². The zero-order valence-corrected chi connectivity index (χ0v) is 18.1. The second-order valence-electron chi connectivity index (χ2n) is 8.26. The van der Waals surface area contributed by atoms with Crippen LogP contribution in [0.5, 0.6) is 0 Å². The summed E-state index contributed by atoms with van der Waals surface area (Å²) in [6.45, 7) is 5.55. The maximum absolute atomic E-state index is 12.8. The molecule has 2 fully saturated rings. The number of carbonyl (C=O) groups is 2. The number of rotatable bonds is 6. The summed E-state index contributed by atoms with van der Waals surface area (Å²) in [7, 11) is 0. The SMILES string of the molecule is CCCc1ccc(-c2nc(NC(=O)C3CCCN(C(=O)C4CC4)C3)sc2C)cc1. The molecule has 5 nitrogen and oxygen atoms in total. The minimum atomic E-state index is -0.146. The number of hydrogen-bond acceptors (Lipinski definition) is 4. The first-order chi connectivity index (χ1) is 14.0. The van der Waals surface area contributed by atoms with Crippen LogP contribution in [0.2, 0.25) is 0 Å². The van der Waals surface area contributed by atoms with Crippen LogP contribution >= 0.6 is 11.3 Å². The third kappa shape index (κ3) is 4.69. The van der Waals surface area contributed by atoms with Crippen LogP contribution in [0.4, 0.5) is 5.13 Å². The summed E-state index contributed by atoms with van der Waals surface area (Å²) >= 11 is 1.51. The van der Waals surface area contributed by atoms with Gasteiger partial charge in [0.25, 0.3) is 0 Å². The number of anilines is 1. The van der Waals surface area contributed by atoms with Crippen molar-refractivity contribution in [2.45, 2.75) is 52.4 Å². The van der Waals surface area contributed by atoms with Crippen molar-refractivity contribution in [3.63, 3.8) is 0 Å². The van der Waals surface area contributed by atoms with Gasteiger partial charge in [-0.15, -0.1) is 11.3 Å². The number of thiazole rings is 1. The van der Waals surface area contributed by atoms with Crippen LogP contribution in [-0.4, -0.2) is 34.8 Å². The fourth-order valence-corrected chi connectivity index (χ4v) is 4.86. The van der Waals surface area contributed by atoms with Gasteiger partial charge in [-0.2, -0.15) is 0 Å². The summed E-state index contributed by atoms with van der Waals surface area (Å²) in [6, 6.07) is 8.54. The van der Waals surface area contributed by atoms with Gasteiger partial charge in [0.15, 0.2) is 5.13 Å². The van der Waals surface area contributed by atoms with Crippen LogP contribution in [0, 0.1) is 18.8 Å². The lowest BCUT2D eigenvalue weighted by Crippen LogP contribution is -2.44. The Morgan fingerprint density at radius 1 is 1.17 bits per heavy atom. The zero-order valence-electron chi connectivity index (χ0n) is 17.2. The number of amides is 2. The van der Waals surface area contributed by atoms with E-state index in [1.54, 1.807) is 0 Å². The van der Waals surface area contributed by atoms with Crippen molar-refractivity contribution in [3.8, 4) is 11.3 Å². The van der Waals surface area contributed by atoms with E-state index in [0.717, 1.165) is 61.2 Å². The standard InChI is InChI=1S/C23H29N3O2S/c1-3-5-16-7-9-17(10-8-16)20-15(2)29-23(24-20)25-21(27)19-6-4-13-26(14-19)22(28)18-11-12-18/h7-10,18-19H,3-6,11-14H2,1-2H3,(H,24,25,27). The summed E-state index contributed by atoms with van der Waals surface area (Å²) in [6.07, 6.45) is 5.95. The molecule has 1 saturated carbocycles. The molecule has 6 heteroatoms. The zero-order chi connectivity index (χ0) is 20.4. The first-order valence-corrected chi connectivity index (χ1v) is 11.5. The molecule has 0 bridgehead atoms. The van der Waals surface area contributed by atoms with Crippen LogP contribution in [0.15, 0.2) is 24.3 Å². The Morgan fingerprint density at radius 3 is 2.62 bits per heavy atom. The Morgan fingerprint density at radius 2 is 1.93 bits per heavy atom. The largest absolute Gasteiger partial charge is 0.342 e. The molecule has 29 heavy (non-hydrogen) atoms. The van der Waals surface area contributed by atoms with E-state index in [-0.39, 0.29) is 23.7 Å². The number of carbonyl (C=O) groups excluding carboxylic acids is 2. The summed E-state index contributed by atoms with van der Waals surface area (Å²) in [4.78, 5) is 32.8. The van der Waals surface area contributed by atoms with E-state index in [0.29, 0.717) is 11.7 Å². The Bertz CT molecular complexity index is 886. The Balaban J connectivity index is 1.41. The predicted octanol–water partition coefficient (Wildman–Crippen LogP) is 4.66. The first-order valence-electron chi connectivity index (χ1n) is 10.7. The molecule has 2 aliphatic rings. The van der Waals surface area contributed by atoms with Crippen molar-refractivity contribution >= 4 is 28.3 Å². The second kappa shape index (κ2) is 8.66. The highest BCUT2D eigenvalue weighted by Gasteiger charge is 2.36. The fraction of sp³-hybridized carbons (Fsp3) is 0.522. The van der Waals surface area contributed by atoms with E-state index in [1.807, 2.05) is 11.8 Å². The second-order valence-corrected chi connectivity index (χ2v) is 9.46. The van der Waals surface area contributed by atoms with Crippen molar-refractivity contribution in [2.75, 3.05) is 18.4 Å². The van der Waals surface area contributed by atoms with Crippen LogP contribution < -0.4 is 5.32 Å². The van der Waals surface area contributed by atoms with Gasteiger partial charge in [-0.3, -0.25) is 9.59 Å². The lowest BCUT2D eigenvalue weighted by molar-refractivity contribution is -0.135. The normalized spacial score (nSPS) is 19.2. The third-order valence-electron chi connectivity index (χ3n) is 5.82. The van der Waals surface area contributed by atoms with Crippen molar-refractivity contribution in [1.29, 1.82) is 0 Å². The molecule has 1 aliphatic heterocycles. The molecule has 2 aromatic rings. The van der Waals surface area contributed by atoms with Crippen molar-refractivity contribution in [2.24, 2.45) is 11.8 Å². The highest BCUT2D eigenvalue weighted by molar-refractivity contribution is 7.16.